The predicted molar refractivity (Wildman–Crippen MR) is 87.2 cm³/mol. The zero-order valence-electron chi connectivity index (χ0n) is 13.4. The summed E-state index contributed by atoms with van der Waals surface area (Å²) in [5, 5.41) is 3.22. The average molecular weight is 341 g/mol. The van der Waals surface area contributed by atoms with Crippen LogP contribution in [0.2, 0.25) is 5.02 Å². The molecule has 4 nitrogen and oxygen atoms in total. The summed E-state index contributed by atoms with van der Waals surface area (Å²) in [4.78, 5) is 14.7. The van der Waals surface area contributed by atoms with Crippen LogP contribution in [0.1, 0.15) is 30.6 Å². The number of benzene rings is 1. The van der Waals surface area contributed by atoms with Gasteiger partial charge in [-0.1, -0.05) is 25.4 Å². The summed E-state index contributed by atoms with van der Waals surface area (Å²) in [6.45, 7) is 6.75. The van der Waals surface area contributed by atoms with Crippen molar-refractivity contribution in [3.05, 3.63) is 34.6 Å². The molecular formula is C17H22ClFN2O2. The molecule has 3 rings (SSSR count). The number of fused-ring (bicyclic) bond motifs is 1. The Morgan fingerprint density at radius 2 is 2.17 bits per heavy atom. The highest BCUT2D eigenvalue weighted by Crippen LogP contribution is 2.26. The third-order valence-electron chi connectivity index (χ3n) is 4.65. The SMILES string of the molecule is CC(C)[C@H]1CN2C[C@@H](NC(=O)c3cc(F)cc(Cl)c3)C[C@H]2CO1. The van der Waals surface area contributed by atoms with E-state index >= 15 is 0 Å². The molecule has 1 aromatic carbocycles. The number of hydrogen-bond acceptors (Lipinski definition) is 3. The molecule has 1 amide bonds. The maximum Gasteiger partial charge on any atom is 0.251 e. The molecular weight excluding hydrogens is 319 g/mol. The molecule has 0 saturated carbocycles. The Morgan fingerprint density at radius 3 is 2.87 bits per heavy atom. The standard InChI is InChI=1S/C17H22ClFN2O2/c1-10(2)16-8-21-7-14(6-15(21)9-23-16)20-17(22)11-3-12(18)5-13(19)4-11/h3-5,10,14-16H,6-9H2,1-2H3,(H,20,22)/t14-,15-,16+/m0/s1. The fraction of sp³-hybridized carbons (Fsp3) is 0.588. The highest BCUT2D eigenvalue weighted by molar-refractivity contribution is 6.31. The quantitative estimate of drug-likeness (QED) is 0.920. The number of morpholine rings is 1. The van der Waals surface area contributed by atoms with Crippen molar-refractivity contribution in [1.82, 2.24) is 10.2 Å². The van der Waals surface area contributed by atoms with Gasteiger partial charge in [-0.25, -0.2) is 4.39 Å². The van der Waals surface area contributed by atoms with Crippen molar-refractivity contribution in [1.29, 1.82) is 0 Å². The van der Waals surface area contributed by atoms with Crippen LogP contribution in [0.3, 0.4) is 0 Å². The van der Waals surface area contributed by atoms with Crippen molar-refractivity contribution in [2.24, 2.45) is 5.92 Å². The first kappa shape index (κ1) is 16.7. The van der Waals surface area contributed by atoms with Gasteiger partial charge in [-0.15, -0.1) is 0 Å². The maximum atomic E-state index is 13.4. The van der Waals surface area contributed by atoms with Gasteiger partial charge in [-0.3, -0.25) is 9.69 Å². The van der Waals surface area contributed by atoms with Crippen LogP contribution < -0.4 is 5.32 Å². The zero-order valence-corrected chi connectivity index (χ0v) is 14.1. The molecule has 3 atom stereocenters. The second-order valence-corrected chi connectivity index (χ2v) is 7.22. The molecule has 23 heavy (non-hydrogen) atoms. The summed E-state index contributed by atoms with van der Waals surface area (Å²) in [6, 6.07) is 4.30. The van der Waals surface area contributed by atoms with Crippen molar-refractivity contribution in [2.75, 3.05) is 19.7 Å². The van der Waals surface area contributed by atoms with Gasteiger partial charge in [-0.2, -0.15) is 0 Å². The van der Waals surface area contributed by atoms with Crippen LogP contribution in [0.15, 0.2) is 18.2 Å². The molecule has 2 heterocycles. The van der Waals surface area contributed by atoms with Crippen molar-refractivity contribution in [2.45, 2.75) is 38.5 Å². The molecule has 0 unspecified atom stereocenters. The van der Waals surface area contributed by atoms with Crippen LogP contribution in [0.25, 0.3) is 0 Å². The first-order valence-electron chi connectivity index (χ1n) is 8.05. The monoisotopic (exact) mass is 340 g/mol. The Hall–Kier alpha value is -1.17. The van der Waals surface area contributed by atoms with Gasteiger partial charge in [0.2, 0.25) is 0 Å². The van der Waals surface area contributed by atoms with Gasteiger partial charge >= 0.3 is 0 Å². The Balaban J connectivity index is 1.60. The molecule has 6 heteroatoms. The van der Waals surface area contributed by atoms with Gasteiger partial charge in [0.1, 0.15) is 5.82 Å². The summed E-state index contributed by atoms with van der Waals surface area (Å²) < 4.78 is 19.3. The number of rotatable bonds is 3. The molecule has 1 aromatic rings. The molecule has 2 aliphatic heterocycles. The van der Waals surface area contributed by atoms with E-state index in [0.717, 1.165) is 19.5 Å². The number of halogens is 2. The van der Waals surface area contributed by atoms with Crippen molar-refractivity contribution < 1.29 is 13.9 Å². The first-order valence-corrected chi connectivity index (χ1v) is 8.43. The number of amides is 1. The van der Waals surface area contributed by atoms with E-state index in [4.69, 9.17) is 16.3 Å². The topological polar surface area (TPSA) is 41.6 Å². The number of carbonyl (C=O) groups excluding carboxylic acids is 1. The lowest BCUT2D eigenvalue weighted by Crippen LogP contribution is -2.48. The highest BCUT2D eigenvalue weighted by atomic mass is 35.5. The second kappa shape index (κ2) is 6.75. The Labute approximate surface area is 140 Å². The van der Waals surface area contributed by atoms with E-state index in [-0.39, 0.29) is 28.6 Å². The van der Waals surface area contributed by atoms with E-state index in [2.05, 4.69) is 24.1 Å². The third kappa shape index (κ3) is 3.84. The van der Waals surface area contributed by atoms with E-state index in [1.165, 1.54) is 18.2 Å². The minimum absolute atomic E-state index is 0.0593. The molecule has 2 aliphatic rings. The Kier molecular flexibility index (Phi) is 4.90. The summed E-state index contributed by atoms with van der Waals surface area (Å²) in [6.07, 6.45) is 1.11. The summed E-state index contributed by atoms with van der Waals surface area (Å²) in [7, 11) is 0. The molecule has 1 N–H and O–H groups in total. The van der Waals surface area contributed by atoms with Gasteiger partial charge in [0.15, 0.2) is 0 Å². The number of carbonyl (C=O) groups is 1. The van der Waals surface area contributed by atoms with Crippen LogP contribution in [0.4, 0.5) is 4.39 Å². The molecule has 2 fully saturated rings. The van der Waals surface area contributed by atoms with E-state index in [9.17, 15) is 9.18 Å². The molecule has 0 aromatic heterocycles. The lowest BCUT2D eigenvalue weighted by molar-refractivity contribution is -0.0683. The summed E-state index contributed by atoms with van der Waals surface area (Å²) in [5.41, 5.74) is 0.260. The minimum Gasteiger partial charge on any atom is -0.375 e. The number of nitrogens with one attached hydrogen (secondary N) is 1. The van der Waals surface area contributed by atoms with Gasteiger partial charge < -0.3 is 10.1 Å². The van der Waals surface area contributed by atoms with E-state index in [1.807, 2.05) is 0 Å². The maximum absolute atomic E-state index is 13.4. The van der Waals surface area contributed by atoms with Gasteiger partial charge in [0.25, 0.3) is 5.91 Å². The second-order valence-electron chi connectivity index (χ2n) is 6.79. The molecule has 0 spiro atoms. The van der Waals surface area contributed by atoms with Crippen LogP contribution in [-0.2, 0) is 4.74 Å². The van der Waals surface area contributed by atoms with Crippen LogP contribution >= 0.6 is 11.6 Å². The molecule has 0 aliphatic carbocycles. The highest BCUT2D eigenvalue weighted by Gasteiger charge is 2.38. The normalized spacial score (nSPS) is 28.0. The van der Waals surface area contributed by atoms with Crippen molar-refractivity contribution in [3.63, 3.8) is 0 Å². The Morgan fingerprint density at radius 1 is 1.39 bits per heavy atom. The number of ether oxygens (including phenoxy) is 1. The predicted octanol–water partition coefficient (Wildman–Crippen LogP) is 2.71. The van der Waals surface area contributed by atoms with E-state index in [1.54, 1.807) is 0 Å². The molecule has 126 valence electrons. The molecule has 0 bridgehead atoms. The summed E-state index contributed by atoms with van der Waals surface area (Å²) >= 11 is 5.81. The van der Waals surface area contributed by atoms with Crippen LogP contribution in [-0.4, -0.2) is 48.7 Å². The van der Waals surface area contributed by atoms with E-state index < -0.39 is 5.82 Å². The fourth-order valence-electron chi connectivity index (χ4n) is 3.36. The average Bonchev–Trinajstić information content (AvgIpc) is 2.87. The first-order chi connectivity index (χ1) is 10.9. The lowest BCUT2D eigenvalue weighted by Gasteiger charge is -2.36. The summed E-state index contributed by atoms with van der Waals surface area (Å²) in [5.74, 6) is -0.295. The largest absolute Gasteiger partial charge is 0.375 e. The molecule has 2 saturated heterocycles. The van der Waals surface area contributed by atoms with Crippen LogP contribution in [0, 0.1) is 11.7 Å². The van der Waals surface area contributed by atoms with Gasteiger partial charge in [0.05, 0.1) is 12.7 Å². The van der Waals surface area contributed by atoms with Crippen LogP contribution in [0.5, 0.6) is 0 Å². The van der Waals surface area contributed by atoms with Gasteiger partial charge in [0, 0.05) is 35.8 Å². The van der Waals surface area contributed by atoms with E-state index in [0.29, 0.717) is 18.6 Å². The van der Waals surface area contributed by atoms with Crippen molar-refractivity contribution >= 4 is 17.5 Å². The Bertz CT molecular complexity index is 576. The van der Waals surface area contributed by atoms with Crippen molar-refractivity contribution in [3.8, 4) is 0 Å². The fourth-order valence-corrected chi connectivity index (χ4v) is 3.58. The number of nitrogens with zero attached hydrogens (tertiary/aromatic N) is 1. The zero-order chi connectivity index (χ0) is 16.6. The lowest BCUT2D eigenvalue weighted by atomic mass is 10.0. The third-order valence-corrected chi connectivity index (χ3v) is 4.87. The smallest absolute Gasteiger partial charge is 0.251 e. The molecule has 0 radical (unpaired) electrons. The number of hydrogen-bond donors (Lipinski definition) is 1. The minimum atomic E-state index is -0.500. The van der Waals surface area contributed by atoms with Gasteiger partial charge in [-0.05, 0) is 30.5 Å².